The second-order valence-electron chi connectivity index (χ2n) is 7.37. The summed E-state index contributed by atoms with van der Waals surface area (Å²) in [4.78, 5) is 41.3. The molecular weight excluding hydrogens is 370 g/mol. The standard InChI is InChI=1S/C22H25N3O4/c1-15(2)25(17-10-6-5-7-11-17)19(26)14-24-20(27)22(3,23-21(24)28)16-9-8-12-18(13-16)29-4/h5-13,15H,14H2,1-4H3,(H,23,28). The number of rotatable bonds is 6. The van der Waals surface area contributed by atoms with Gasteiger partial charge >= 0.3 is 6.03 Å². The Morgan fingerprint density at radius 2 is 1.83 bits per heavy atom. The summed E-state index contributed by atoms with van der Waals surface area (Å²) in [6.45, 7) is 5.06. The summed E-state index contributed by atoms with van der Waals surface area (Å²) in [7, 11) is 1.53. The maximum atomic E-state index is 13.1. The fraction of sp³-hybridized carbons (Fsp3) is 0.318. The van der Waals surface area contributed by atoms with Crippen molar-refractivity contribution in [3.05, 3.63) is 60.2 Å². The molecule has 0 aromatic heterocycles. The number of carbonyl (C=O) groups excluding carboxylic acids is 3. The predicted molar refractivity (Wildman–Crippen MR) is 110 cm³/mol. The van der Waals surface area contributed by atoms with Crippen molar-refractivity contribution in [1.82, 2.24) is 10.2 Å². The number of amides is 4. The fourth-order valence-electron chi connectivity index (χ4n) is 3.50. The maximum Gasteiger partial charge on any atom is 0.325 e. The predicted octanol–water partition coefficient (Wildman–Crippen LogP) is 2.90. The molecule has 1 aliphatic heterocycles. The molecule has 3 rings (SSSR count). The Hall–Kier alpha value is -3.35. The van der Waals surface area contributed by atoms with E-state index in [-0.39, 0.29) is 18.5 Å². The van der Waals surface area contributed by atoms with Crippen molar-refractivity contribution in [2.45, 2.75) is 32.4 Å². The van der Waals surface area contributed by atoms with Crippen LogP contribution in [0.4, 0.5) is 10.5 Å². The highest BCUT2D eigenvalue weighted by Gasteiger charge is 2.50. The second-order valence-corrected chi connectivity index (χ2v) is 7.37. The lowest BCUT2D eigenvalue weighted by Gasteiger charge is -2.28. The minimum absolute atomic E-state index is 0.129. The van der Waals surface area contributed by atoms with Crippen LogP contribution in [-0.2, 0) is 15.1 Å². The molecule has 7 heteroatoms. The molecule has 0 spiro atoms. The molecule has 1 saturated heterocycles. The first-order chi connectivity index (χ1) is 13.8. The van der Waals surface area contributed by atoms with Gasteiger partial charge in [-0.15, -0.1) is 0 Å². The number of hydrogen-bond donors (Lipinski definition) is 1. The Morgan fingerprint density at radius 1 is 1.14 bits per heavy atom. The number of nitrogens with one attached hydrogen (secondary N) is 1. The van der Waals surface area contributed by atoms with Crippen LogP contribution in [0, 0.1) is 0 Å². The van der Waals surface area contributed by atoms with E-state index < -0.39 is 17.5 Å². The number of imide groups is 1. The first-order valence-electron chi connectivity index (χ1n) is 9.43. The fourth-order valence-corrected chi connectivity index (χ4v) is 3.50. The summed E-state index contributed by atoms with van der Waals surface area (Å²) in [6, 6.07) is 15.4. The number of ether oxygens (including phenoxy) is 1. The van der Waals surface area contributed by atoms with Crippen LogP contribution < -0.4 is 15.0 Å². The molecule has 1 heterocycles. The topological polar surface area (TPSA) is 79.0 Å². The molecule has 152 valence electrons. The quantitative estimate of drug-likeness (QED) is 0.763. The Bertz CT molecular complexity index is 929. The summed E-state index contributed by atoms with van der Waals surface area (Å²) in [5, 5.41) is 2.72. The van der Waals surface area contributed by atoms with E-state index in [9.17, 15) is 14.4 Å². The summed E-state index contributed by atoms with van der Waals surface area (Å²) in [5.41, 5.74) is 0.0467. The van der Waals surface area contributed by atoms with Gasteiger partial charge in [-0.25, -0.2) is 4.79 Å². The Balaban J connectivity index is 1.85. The van der Waals surface area contributed by atoms with E-state index in [2.05, 4.69) is 5.32 Å². The zero-order valence-corrected chi connectivity index (χ0v) is 17.0. The number of carbonyl (C=O) groups is 3. The van der Waals surface area contributed by atoms with Crippen molar-refractivity contribution in [2.24, 2.45) is 0 Å². The van der Waals surface area contributed by atoms with Crippen molar-refractivity contribution < 1.29 is 19.1 Å². The molecule has 0 saturated carbocycles. The SMILES string of the molecule is COc1cccc(C2(C)NC(=O)N(CC(=O)N(c3ccccc3)C(C)C)C2=O)c1. The maximum absolute atomic E-state index is 13.1. The van der Waals surface area contributed by atoms with Crippen LogP contribution in [0.1, 0.15) is 26.3 Å². The third kappa shape index (κ3) is 3.81. The molecule has 1 unspecified atom stereocenters. The number of methoxy groups -OCH3 is 1. The van der Waals surface area contributed by atoms with Crippen molar-refractivity contribution in [3.8, 4) is 5.75 Å². The van der Waals surface area contributed by atoms with E-state index in [0.717, 1.165) is 10.6 Å². The van der Waals surface area contributed by atoms with Crippen LogP contribution in [-0.4, -0.2) is 42.4 Å². The smallest absolute Gasteiger partial charge is 0.325 e. The second kappa shape index (κ2) is 7.95. The number of urea groups is 1. The Morgan fingerprint density at radius 3 is 2.45 bits per heavy atom. The van der Waals surface area contributed by atoms with E-state index >= 15 is 0 Å². The molecule has 2 aromatic carbocycles. The highest BCUT2D eigenvalue weighted by atomic mass is 16.5. The van der Waals surface area contributed by atoms with Gasteiger partial charge in [-0.1, -0.05) is 30.3 Å². The molecule has 1 atom stereocenters. The van der Waals surface area contributed by atoms with Crippen LogP contribution in [0.15, 0.2) is 54.6 Å². The van der Waals surface area contributed by atoms with Gasteiger partial charge in [-0.2, -0.15) is 0 Å². The van der Waals surface area contributed by atoms with Crippen molar-refractivity contribution in [1.29, 1.82) is 0 Å². The van der Waals surface area contributed by atoms with E-state index in [1.165, 1.54) is 7.11 Å². The van der Waals surface area contributed by atoms with E-state index in [0.29, 0.717) is 11.3 Å². The van der Waals surface area contributed by atoms with Gasteiger partial charge in [-0.05, 0) is 50.6 Å². The number of para-hydroxylation sites is 1. The lowest BCUT2D eigenvalue weighted by atomic mass is 9.92. The molecule has 4 amide bonds. The van der Waals surface area contributed by atoms with Crippen LogP contribution in [0.5, 0.6) is 5.75 Å². The van der Waals surface area contributed by atoms with Gasteiger partial charge in [0, 0.05) is 11.7 Å². The highest BCUT2D eigenvalue weighted by Crippen LogP contribution is 2.31. The monoisotopic (exact) mass is 395 g/mol. The normalized spacial score (nSPS) is 18.7. The Labute approximate surface area is 170 Å². The van der Waals surface area contributed by atoms with Gasteiger partial charge in [0.05, 0.1) is 7.11 Å². The zero-order chi connectivity index (χ0) is 21.2. The van der Waals surface area contributed by atoms with Crippen LogP contribution >= 0.6 is 0 Å². The molecular formula is C22H25N3O4. The number of benzene rings is 2. The van der Waals surface area contributed by atoms with Crippen LogP contribution in [0.3, 0.4) is 0 Å². The average Bonchev–Trinajstić information content (AvgIpc) is 2.92. The van der Waals surface area contributed by atoms with Crippen molar-refractivity contribution >= 4 is 23.5 Å². The Kier molecular flexibility index (Phi) is 5.59. The lowest BCUT2D eigenvalue weighted by Crippen LogP contribution is -2.46. The number of anilines is 1. The lowest BCUT2D eigenvalue weighted by molar-refractivity contribution is -0.134. The molecule has 29 heavy (non-hydrogen) atoms. The molecule has 2 aromatic rings. The highest BCUT2D eigenvalue weighted by molar-refractivity contribution is 6.10. The van der Waals surface area contributed by atoms with Crippen molar-refractivity contribution in [3.63, 3.8) is 0 Å². The minimum Gasteiger partial charge on any atom is -0.497 e. The van der Waals surface area contributed by atoms with E-state index in [1.54, 1.807) is 36.1 Å². The van der Waals surface area contributed by atoms with Gasteiger partial charge in [-0.3, -0.25) is 14.5 Å². The van der Waals surface area contributed by atoms with Gasteiger partial charge in [0.25, 0.3) is 5.91 Å². The summed E-state index contributed by atoms with van der Waals surface area (Å²) < 4.78 is 5.22. The molecule has 0 radical (unpaired) electrons. The summed E-state index contributed by atoms with van der Waals surface area (Å²) in [5.74, 6) is -0.221. The molecule has 1 fully saturated rings. The third-order valence-corrected chi connectivity index (χ3v) is 5.03. The molecule has 1 aliphatic rings. The van der Waals surface area contributed by atoms with E-state index in [1.807, 2.05) is 44.2 Å². The van der Waals surface area contributed by atoms with Crippen LogP contribution in [0.25, 0.3) is 0 Å². The zero-order valence-electron chi connectivity index (χ0n) is 17.0. The van der Waals surface area contributed by atoms with E-state index in [4.69, 9.17) is 4.74 Å². The molecule has 1 N–H and O–H groups in total. The van der Waals surface area contributed by atoms with Crippen molar-refractivity contribution in [2.75, 3.05) is 18.6 Å². The summed E-state index contributed by atoms with van der Waals surface area (Å²) >= 11 is 0. The number of hydrogen-bond acceptors (Lipinski definition) is 4. The first kappa shape index (κ1) is 20.4. The van der Waals surface area contributed by atoms with Crippen LogP contribution in [0.2, 0.25) is 0 Å². The molecule has 0 aliphatic carbocycles. The summed E-state index contributed by atoms with van der Waals surface area (Å²) in [6.07, 6.45) is 0. The van der Waals surface area contributed by atoms with Gasteiger partial charge < -0.3 is 15.0 Å². The number of nitrogens with zero attached hydrogens (tertiary/aromatic N) is 2. The first-order valence-corrected chi connectivity index (χ1v) is 9.43. The molecule has 7 nitrogen and oxygen atoms in total. The van der Waals surface area contributed by atoms with Gasteiger partial charge in [0.1, 0.15) is 17.8 Å². The van der Waals surface area contributed by atoms with Gasteiger partial charge in [0.2, 0.25) is 5.91 Å². The molecule has 0 bridgehead atoms. The average molecular weight is 395 g/mol. The van der Waals surface area contributed by atoms with Gasteiger partial charge in [0.15, 0.2) is 0 Å². The third-order valence-electron chi connectivity index (χ3n) is 5.03. The minimum atomic E-state index is -1.26. The largest absolute Gasteiger partial charge is 0.497 e.